The number of ether oxygens (including phenoxy) is 1. The van der Waals surface area contributed by atoms with Crippen LogP contribution < -0.4 is 4.74 Å². The minimum atomic E-state index is -0.162. The van der Waals surface area contributed by atoms with Gasteiger partial charge in [-0.2, -0.15) is 0 Å². The van der Waals surface area contributed by atoms with Crippen molar-refractivity contribution in [1.29, 1.82) is 0 Å². The molecule has 0 unspecified atom stereocenters. The van der Waals surface area contributed by atoms with Gasteiger partial charge in [0.25, 0.3) is 0 Å². The van der Waals surface area contributed by atoms with Gasteiger partial charge >= 0.3 is 0 Å². The molecule has 1 heteroatoms. The average molecular weight is 189 g/mol. The predicted molar refractivity (Wildman–Crippen MR) is 59.5 cm³/mol. The van der Waals surface area contributed by atoms with Crippen LogP contribution in [0.15, 0.2) is 24.8 Å². The molecule has 0 bridgehead atoms. The topological polar surface area (TPSA) is 9.23 Å². The van der Waals surface area contributed by atoms with Crippen molar-refractivity contribution < 1.29 is 4.74 Å². The van der Waals surface area contributed by atoms with Gasteiger partial charge in [-0.1, -0.05) is 18.7 Å². The monoisotopic (exact) mass is 189 g/mol. The molecule has 0 heterocycles. The van der Waals surface area contributed by atoms with Gasteiger partial charge in [-0.15, -0.1) is 0 Å². The molecule has 14 heavy (non-hydrogen) atoms. The number of hydrogen-bond acceptors (Lipinski definition) is 1. The van der Waals surface area contributed by atoms with E-state index in [4.69, 9.17) is 4.74 Å². The van der Waals surface area contributed by atoms with Crippen molar-refractivity contribution in [2.24, 2.45) is 0 Å². The second-order valence-electron chi connectivity index (χ2n) is 4.32. The van der Waals surface area contributed by atoms with E-state index < -0.39 is 0 Å². The third-order valence-electron chi connectivity index (χ3n) is 1.89. The number of hydrogen-bond donors (Lipinski definition) is 0. The van der Waals surface area contributed by atoms with E-state index in [0.717, 1.165) is 16.9 Å². The van der Waals surface area contributed by atoms with E-state index in [1.165, 1.54) is 0 Å². The Morgan fingerprint density at radius 1 is 1.29 bits per heavy atom. The highest BCUT2D eigenvalue weighted by atomic mass is 16.5. The standard InChI is InChI=1S/C13H17O/c1-6-11-8-7-9-12(10(11)2)14-13(3,4)5/h7-9H,1H2,2-5H3. The summed E-state index contributed by atoms with van der Waals surface area (Å²) >= 11 is 0. The molecular formula is C13H17O. The molecule has 0 fully saturated rings. The Hall–Kier alpha value is -1.24. The summed E-state index contributed by atoms with van der Waals surface area (Å²) in [6, 6.07) is 5.92. The Kier molecular flexibility index (Phi) is 3.00. The van der Waals surface area contributed by atoms with E-state index in [9.17, 15) is 0 Å². The molecule has 1 aromatic rings. The SMILES string of the molecule is C=[C]c1cccc(OC(C)(C)C)c1C. The van der Waals surface area contributed by atoms with Crippen LogP contribution in [0.2, 0.25) is 0 Å². The Morgan fingerprint density at radius 2 is 1.93 bits per heavy atom. The molecule has 0 aliphatic heterocycles. The van der Waals surface area contributed by atoms with Crippen LogP contribution in [-0.2, 0) is 0 Å². The fourth-order valence-corrected chi connectivity index (χ4v) is 1.25. The van der Waals surface area contributed by atoms with Gasteiger partial charge in [0.15, 0.2) is 0 Å². The van der Waals surface area contributed by atoms with Crippen molar-refractivity contribution in [1.82, 2.24) is 0 Å². The molecule has 1 aromatic carbocycles. The van der Waals surface area contributed by atoms with Crippen molar-refractivity contribution in [2.45, 2.75) is 33.3 Å². The van der Waals surface area contributed by atoms with Gasteiger partial charge in [0.05, 0.1) is 0 Å². The number of benzene rings is 1. The van der Waals surface area contributed by atoms with Gasteiger partial charge in [-0.3, -0.25) is 0 Å². The summed E-state index contributed by atoms with van der Waals surface area (Å²) in [5.41, 5.74) is 1.94. The molecule has 0 atom stereocenters. The summed E-state index contributed by atoms with van der Waals surface area (Å²) in [4.78, 5) is 0. The van der Waals surface area contributed by atoms with Crippen LogP contribution in [0, 0.1) is 13.0 Å². The Bertz CT molecular complexity index is 332. The van der Waals surface area contributed by atoms with E-state index in [-0.39, 0.29) is 5.60 Å². The zero-order valence-corrected chi connectivity index (χ0v) is 9.35. The van der Waals surface area contributed by atoms with E-state index in [0.29, 0.717) is 0 Å². The van der Waals surface area contributed by atoms with Crippen LogP contribution in [0.1, 0.15) is 31.9 Å². The maximum Gasteiger partial charge on any atom is 0.123 e. The first-order chi connectivity index (χ1) is 6.44. The van der Waals surface area contributed by atoms with Crippen molar-refractivity contribution in [3.8, 4) is 5.75 Å². The lowest BCUT2D eigenvalue weighted by Gasteiger charge is -2.23. The van der Waals surface area contributed by atoms with Crippen LogP contribution in [0.4, 0.5) is 0 Å². The lowest BCUT2D eigenvalue weighted by molar-refractivity contribution is 0.130. The lowest BCUT2D eigenvalue weighted by atomic mass is 10.1. The van der Waals surface area contributed by atoms with E-state index in [1.807, 2.05) is 45.9 Å². The zero-order chi connectivity index (χ0) is 10.8. The third-order valence-corrected chi connectivity index (χ3v) is 1.89. The molecule has 0 amide bonds. The van der Waals surface area contributed by atoms with Crippen LogP contribution >= 0.6 is 0 Å². The second kappa shape index (κ2) is 3.87. The molecule has 1 rings (SSSR count). The minimum absolute atomic E-state index is 0.162. The molecule has 75 valence electrons. The van der Waals surface area contributed by atoms with Crippen molar-refractivity contribution in [3.63, 3.8) is 0 Å². The van der Waals surface area contributed by atoms with E-state index >= 15 is 0 Å². The van der Waals surface area contributed by atoms with Gasteiger partial charge in [0.2, 0.25) is 0 Å². The molecule has 1 nitrogen and oxygen atoms in total. The van der Waals surface area contributed by atoms with Gasteiger partial charge in [0, 0.05) is 0 Å². The quantitative estimate of drug-likeness (QED) is 0.691. The highest BCUT2D eigenvalue weighted by molar-refractivity contribution is 5.42. The van der Waals surface area contributed by atoms with Crippen molar-refractivity contribution in [2.75, 3.05) is 0 Å². The van der Waals surface area contributed by atoms with Gasteiger partial charge in [-0.05, 0) is 51.0 Å². The third kappa shape index (κ3) is 2.63. The van der Waals surface area contributed by atoms with Crippen molar-refractivity contribution in [3.05, 3.63) is 42.0 Å². The summed E-state index contributed by atoms with van der Waals surface area (Å²) in [5, 5.41) is 0. The first-order valence-electron chi connectivity index (χ1n) is 4.76. The van der Waals surface area contributed by atoms with E-state index in [1.54, 1.807) is 0 Å². The lowest BCUT2D eigenvalue weighted by Crippen LogP contribution is -2.23. The highest BCUT2D eigenvalue weighted by Crippen LogP contribution is 2.25. The van der Waals surface area contributed by atoms with Gasteiger partial charge in [-0.25, -0.2) is 0 Å². The fraction of sp³-hybridized carbons (Fsp3) is 0.385. The van der Waals surface area contributed by atoms with E-state index in [2.05, 4.69) is 12.7 Å². The molecule has 0 spiro atoms. The molecule has 0 aromatic heterocycles. The number of rotatable bonds is 2. The fourth-order valence-electron chi connectivity index (χ4n) is 1.25. The smallest absolute Gasteiger partial charge is 0.123 e. The average Bonchev–Trinajstić information content (AvgIpc) is 2.06. The summed E-state index contributed by atoms with van der Waals surface area (Å²) in [7, 11) is 0. The summed E-state index contributed by atoms with van der Waals surface area (Å²) in [6.45, 7) is 11.8. The van der Waals surface area contributed by atoms with Crippen LogP contribution in [-0.4, -0.2) is 5.60 Å². The van der Waals surface area contributed by atoms with Crippen LogP contribution in [0.25, 0.3) is 0 Å². The predicted octanol–water partition coefficient (Wildman–Crippen LogP) is 3.51. The molecular weight excluding hydrogens is 172 g/mol. The molecule has 0 saturated carbocycles. The van der Waals surface area contributed by atoms with Crippen LogP contribution in [0.5, 0.6) is 5.75 Å². The van der Waals surface area contributed by atoms with Gasteiger partial charge in [0.1, 0.15) is 11.4 Å². The summed E-state index contributed by atoms with van der Waals surface area (Å²) < 4.78 is 5.81. The Labute approximate surface area is 86.4 Å². The maximum atomic E-state index is 5.81. The minimum Gasteiger partial charge on any atom is -0.488 e. The first-order valence-corrected chi connectivity index (χ1v) is 4.76. The summed E-state index contributed by atoms with van der Waals surface area (Å²) in [6.07, 6.45) is 2.89. The molecule has 0 saturated heterocycles. The summed E-state index contributed by atoms with van der Waals surface area (Å²) in [5.74, 6) is 0.908. The largest absolute Gasteiger partial charge is 0.488 e. The molecule has 0 aliphatic rings. The zero-order valence-electron chi connectivity index (χ0n) is 9.35. The van der Waals surface area contributed by atoms with Crippen molar-refractivity contribution >= 4 is 0 Å². The second-order valence-corrected chi connectivity index (χ2v) is 4.32. The first kappa shape index (κ1) is 10.8. The normalized spacial score (nSPS) is 11.1. The Morgan fingerprint density at radius 3 is 2.43 bits per heavy atom. The molecule has 1 radical (unpaired) electrons. The Balaban J connectivity index is 3.04. The van der Waals surface area contributed by atoms with Gasteiger partial charge < -0.3 is 4.74 Å². The molecule has 0 N–H and O–H groups in total. The molecule has 0 aliphatic carbocycles. The van der Waals surface area contributed by atoms with Crippen LogP contribution in [0.3, 0.4) is 0 Å². The highest BCUT2D eigenvalue weighted by Gasteiger charge is 2.13. The maximum absolute atomic E-state index is 5.81.